The van der Waals surface area contributed by atoms with Crippen molar-refractivity contribution in [1.29, 1.82) is 0 Å². The van der Waals surface area contributed by atoms with Crippen molar-refractivity contribution < 1.29 is 8.78 Å². The summed E-state index contributed by atoms with van der Waals surface area (Å²) in [6.45, 7) is 8.78. The Labute approximate surface area is 108 Å². The summed E-state index contributed by atoms with van der Waals surface area (Å²) in [6, 6.07) is 4.12. The van der Waals surface area contributed by atoms with Gasteiger partial charge in [-0.1, -0.05) is 38.1 Å². The summed E-state index contributed by atoms with van der Waals surface area (Å²) in [5.74, 6) is -1.55. The molecule has 0 aliphatic rings. The van der Waals surface area contributed by atoms with E-state index in [9.17, 15) is 8.78 Å². The van der Waals surface area contributed by atoms with E-state index in [1.807, 2.05) is 13.8 Å². The van der Waals surface area contributed by atoms with Crippen molar-refractivity contribution in [2.75, 3.05) is 6.54 Å². The van der Waals surface area contributed by atoms with Crippen LogP contribution < -0.4 is 5.32 Å². The number of rotatable bonds is 7. The molecule has 0 aliphatic heterocycles. The molecule has 0 aliphatic carbocycles. The molecule has 1 unspecified atom stereocenters. The Balaban J connectivity index is 2.93. The van der Waals surface area contributed by atoms with Gasteiger partial charge in [-0.05, 0) is 31.9 Å². The molecule has 1 N–H and O–H groups in total. The predicted octanol–water partition coefficient (Wildman–Crippen LogP) is 4.36. The molecule has 0 fully saturated rings. The van der Waals surface area contributed by atoms with Gasteiger partial charge in [-0.2, -0.15) is 0 Å². The molecule has 1 aromatic rings. The fourth-order valence-electron chi connectivity index (χ4n) is 1.83. The molecule has 3 heteroatoms. The molecule has 0 aromatic heterocycles. The standard InChI is InChI=1S/C15H21F2N/c1-4-9-18-14(10-11(3)5-2)12-7-6-8-13(16)15(12)17/h6-8,14,18H,3-5,9-10H2,1-2H3. The molecule has 1 rings (SSSR count). The zero-order valence-corrected chi connectivity index (χ0v) is 11.1. The summed E-state index contributed by atoms with van der Waals surface area (Å²) in [6.07, 6.45) is 2.43. The van der Waals surface area contributed by atoms with Gasteiger partial charge in [0, 0.05) is 11.6 Å². The monoisotopic (exact) mass is 253 g/mol. The summed E-state index contributed by atoms with van der Waals surface area (Å²) in [5, 5.41) is 3.25. The molecule has 0 bridgehead atoms. The highest BCUT2D eigenvalue weighted by Crippen LogP contribution is 2.25. The van der Waals surface area contributed by atoms with Crippen LogP contribution in [0.3, 0.4) is 0 Å². The van der Waals surface area contributed by atoms with Crippen molar-refractivity contribution in [3.63, 3.8) is 0 Å². The minimum Gasteiger partial charge on any atom is -0.310 e. The first-order chi connectivity index (χ1) is 8.60. The first-order valence-electron chi connectivity index (χ1n) is 6.44. The van der Waals surface area contributed by atoms with Gasteiger partial charge in [0.1, 0.15) is 0 Å². The zero-order chi connectivity index (χ0) is 13.5. The zero-order valence-electron chi connectivity index (χ0n) is 11.1. The number of hydrogen-bond donors (Lipinski definition) is 1. The summed E-state index contributed by atoms with van der Waals surface area (Å²) >= 11 is 0. The SMILES string of the molecule is C=C(CC)CC(NCCC)c1cccc(F)c1F. The molecule has 100 valence electrons. The maximum atomic E-state index is 13.8. The lowest BCUT2D eigenvalue weighted by Crippen LogP contribution is -2.23. The van der Waals surface area contributed by atoms with Gasteiger partial charge in [-0.25, -0.2) is 8.78 Å². The molecule has 0 amide bonds. The van der Waals surface area contributed by atoms with E-state index in [1.165, 1.54) is 0 Å². The average molecular weight is 253 g/mol. The summed E-state index contributed by atoms with van der Waals surface area (Å²) in [4.78, 5) is 0. The highest BCUT2D eigenvalue weighted by molar-refractivity contribution is 5.24. The molecule has 1 atom stereocenters. The molecule has 1 aromatic carbocycles. The van der Waals surface area contributed by atoms with Gasteiger partial charge < -0.3 is 5.32 Å². The van der Waals surface area contributed by atoms with E-state index in [4.69, 9.17) is 0 Å². The molecule has 1 nitrogen and oxygen atoms in total. The van der Waals surface area contributed by atoms with Crippen LogP contribution in [0.5, 0.6) is 0 Å². The van der Waals surface area contributed by atoms with Gasteiger partial charge in [0.2, 0.25) is 0 Å². The molecular formula is C15H21F2N. The Bertz CT molecular complexity index is 401. The third-order valence-electron chi connectivity index (χ3n) is 2.99. The lowest BCUT2D eigenvalue weighted by Gasteiger charge is -2.20. The fourth-order valence-corrected chi connectivity index (χ4v) is 1.83. The van der Waals surface area contributed by atoms with Crippen LogP contribution in [0.1, 0.15) is 44.7 Å². The normalized spacial score (nSPS) is 12.4. The van der Waals surface area contributed by atoms with Crippen molar-refractivity contribution in [2.45, 2.75) is 39.2 Å². The molecule has 0 saturated heterocycles. The Morgan fingerprint density at radius 1 is 1.33 bits per heavy atom. The third kappa shape index (κ3) is 3.91. The predicted molar refractivity (Wildman–Crippen MR) is 71.4 cm³/mol. The number of halogens is 2. The molecule has 0 heterocycles. The third-order valence-corrected chi connectivity index (χ3v) is 2.99. The van der Waals surface area contributed by atoms with Crippen LogP contribution >= 0.6 is 0 Å². The van der Waals surface area contributed by atoms with E-state index in [0.29, 0.717) is 12.0 Å². The quantitative estimate of drug-likeness (QED) is 0.712. The van der Waals surface area contributed by atoms with E-state index in [2.05, 4.69) is 11.9 Å². The molecule has 0 radical (unpaired) electrons. The van der Waals surface area contributed by atoms with Gasteiger partial charge in [0.05, 0.1) is 0 Å². The van der Waals surface area contributed by atoms with Crippen LogP contribution in [-0.2, 0) is 0 Å². The smallest absolute Gasteiger partial charge is 0.163 e. The van der Waals surface area contributed by atoms with Crippen molar-refractivity contribution in [2.24, 2.45) is 0 Å². The maximum absolute atomic E-state index is 13.8. The Morgan fingerprint density at radius 2 is 2.06 bits per heavy atom. The molecule has 18 heavy (non-hydrogen) atoms. The van der Waals surface area contributed by atoms with E-state index >= 15 is 0 Å². The summed E-state index contributed by atoms with van der Waals surface area (Å²) in [7, 11) is 0. The van der Waals surface area contributed by atoms with Crippen LogP contribution in [0.2, 0.25) is 0 Å². The number of benzene rings is 1. The second-order valence-corrected chi connectivity index (χ2v) is 4.46. The van der Waals surface area contributed by atoms with Crippen LogP contribution in [0, 0.1) is 11.6 Å². The van der Waals surface area contributed by atoms with Gasteiger partial charge >= 0.3 is 0 Å². The Kier molecular flexibility index (Phi) is 5.99. The molecular weight excluding hydrogens is 232 g/mol. The van der Waals surface area contributed by atoms with Gasteiger partial charge in [0.15, 0.2) is 11.6 Å². The highest BCUT2D eigenvalue weighted by atomic mass is 19.2. The second-order valence-electron chi connectivity index (χ2n) is 4.46. The number of hydrogen-bond acceptors (Lipinski definition) is 1. The van der Waals surface area contributed by atoms with Crippen LogP contribution in [0.15, 0.2) is 30.4 Å². The van der Waals surface area contributed by atoms with Gasteiger partial charge in [0.25, 0.3) is 0 Å². The van der Waals surface area contributed by atoms with E-state index < -0.39 is 11.6 Å². The van der Waals surface area contributed by atoms with Gasteiger partial charge in [-0.15, -0.1) is 0 Å². The van der Waals surface area contributed by atoms with E-state index in [1.54, 1.807) is 12.1 Å². The minimum atomic E-state index is -0.794. The molecule has 0 saturated carbocycles. The van der Waals surface area contributed by atoms with Crippen molar-refractivity contribution >= 4 is 0 Å². The van der Waals surface area contributed by atoms with E-state index in [-0.39, 0.29) is 6.04 Å². The largest absolute Gasteiger partial charge is 0.310 e. The Hall–Kier alpha value is -1.22. The Morgan fingerprint density at radius 3 is 2.67 bits per heavy atom. The van der Waals surface area contributed by atoms with Crippen LogP contribution in [0.4, 0.5) is 8.78 Å². The lowest BCUT2D eigenvalue weighted by molar-refractivity contribution is 0.457. The maximum Gasteiger partial charge on any atom is 0.163 e. The van der Waals surface area contributed by atoms with Gasteiger partial charge in [-0.3, -0.25) is 0 Å². The first-order valence-corrected chi connectivity index (χ1v) is 6.44. The second kappa shape index (κ2) is 7.27. The lowest BCUT2D eigenvalue weighted by atomic mass is 9.97. The summed E-state index contributed by atoms with van der Waals surface area (Å²) in [5.41, 5.74) is 1.42. The van der Waals surface area contributed by atoms with Crippen molar-refractivity contribution in [3.8, 4) is 0 Å². The van der Waals surface area contributed by atoms with E-state index in [0.717, 1.165) is 31.0 Å². The first kappa shape index (κ1) is 14.8. The number of nitrogens with one attached hydrogen (secondary N) is 1. The van der Waals surface area contributed by atoms with Crippen molar-refractivity contribution in [1.82, 2.24) is 5.32 Å². The van der Waals surface area contributed by atoms with Crippen LogP contribution in [-0.4, -0.2) is 6.54 Å². The summed E-state index contributed by atoms with van der Waals surface area (Å²) < 4.78 is 27.0. The molecule has 0 spiro atoms. The van der Waals surface area contributed by atoms with Crippen molar-refractivity contribution in [3.05, 3.63) is 47.5 Å². The van der Waals surface area contributed by atoms with Crippen LogP contribution in [0.25, 0.3) is 0 Å². The fraction of sp³-hybridized carbons (Fsp3) is 0.467. The minimum absolute atomic E-state index is 0.201. The average Bonchev–Trinajstić information content (AvgIpc) is 2.37. The highest BCUT2D eigenvalue weighted by Gasteiger charge is 2.18. The topological polar surface area (TPSA) is 12.0 Å².